The molecule has 38 heavy (non-hydrogen) atoms. The number of aliphatic hydroxyl groups is 1. The fraction of sp³-hybridized carbons (Fsp3) is 0.654. The van der Waals surface area contributed by atoms with Crippen LogP contribution in [0.5, 0.6) is 5.75 Å². The molecule has 1 aromatic rings. The van der Waals surface area contributed by atoms with Crippen LogP contribution in [0.4, 0.5) is 5.69 Å². The molecule has 0 bridgehead atoms. The summed E-state index contributed by atoms with van der Waals surface area (Å²) in [6, 6.07) is 6.46. The molecule has 0 radical (unpaired) electrons. The maximum absolute atomic E-state index is 12.4. The average molecular weight is 535 g/mol. The summed E-state index contributed by atoms with van der Waals surface area (Å²) in [5.41, 5.74) is 0.751. The van der Waals surface area contributed by atoms with Crippen LogP contribution in [0.2, 0.25) is 0 Å². The van der Waals surface area contributed by atoms with E-state index in [0.717, 1.165) is 19.3 Å². The maximum atomic E-state index is 12.4. The maximum Gasteiger partial charge on any atom is 0.294 e. The molecule has 1 aliphatic rings. The Morgan fingerprint density at radius 1 is 1.34 bits per heavy atom. The molecule has 2 rings (SSSR count). The number of carbonyl (C=O) groups is 2. The van der Waals surface area contributed by atoms with Gasteiger partial charge in [0.1, 0.15) is 37.2 Å². The van der Waals surface area contributed by atoms with Gasteiger partial charge in [0.15, 0.2) is 0 Å². The van der Waals surface area contributed by atoms with Crippen molar-refractivity contribution in [3.8, 4) is 11.8 Å². The molecular weight excluding hydrogens is 494 g/mol. The zero-order valence-electron chi connectivity index (χ0n) is 22.7. The van der Waals surface area contributed by atoms with E-state index < -0.39 is 17.3 Å². The second-order valence-electron chi connectivity index (χ2n) is 10.4. The third-order valence-corrected chi connectivity index (χ3v) is 6.64. The van der Waals surface area contributed by atoms with Gasteiger partial charge in [-0.05, 0) is 37.5 Å². The van der Waals surface area contributed by atoms with E-state index in [1.807, 2.05) is 21.0 Å². The SMILES string of the molecule is CCCC(=O)Nc1ccc(OCC(O)C[N+](C)(C)CCN(C(C)=O)C2CCCCC2O[N+](=O)[O-])c(C#N)c1. The first-order valence-electron chi connectivity index (χ1n) is 13.0. The van der Waals surface area contributed by atoms with Crippen LogP contribution in [-0.2, 0) is 14.4 Å². The number of hydrogen-bond donors (Lipinski definition) is 2. The lowest BCUT2D eigenvalue weighted by atomic mass is 9.91. The summed E-state index contributed by atoms with van der Waals surface area (Å²) in [6.45, 7) is 4.50. The van der Waals surface area contributed by atoms with E-state index >= 15 is 0 Å². The van der Waals surface area contributed by atoms with Crippen molar-refractivity contribution < 1.29 is 33.8 Å². The second-order valence-corrected chi connectivity index (χ2v) is 10.4. The predicted molar refractivity (Wildman–Crippen MR) is 140 cm³/mol. The molecule has 1 aliphatic carbocycles. The molecule has 0 spiro atoms. The molecule has 1 fully saturated rings. The molecule has 12 nitrogen and oxygen atoms in total. The van der Waals surface area contributed by atoms with Crippen molar-refractivity contribution in [2.45, 2.75) is 70.6 Å². The summed E-state index contributed by atoms with van der Waals surface area (Å²) in [5, 5.41) is 33.0. The number of benzene rings is 1. The Kier molecular flexibility index (Phi) is 11.7. The van der Waals surface area contributed by atoms with Gasteiger partial charge in [0.25, 0.3) is 5.09 Å². The van der Waals surface area contributed by atoms with Gasteiger partial charge >= 0.3 is 0 Å². The molecule has 0 aliphatic heterocycles. The molecule has 2 amide bonds. The lowest BCUT2D eigenvalue weighted by molar-refractivity contribution is -0.892. The lowest BCUT2D eigenvalue weighted by Gasteiger charge is -2.40. The number of nitrogens with one attached hydrogen (secondary N) is 1. The van der Waals surface area contributed by atoms with E-state index in [1.165, 1.54) is 13.0 Å². The third kappa shape index (κ3) is 9.79. The monoisotopic (exact) mass is 534 g/mol. The smallest absolute Gasteiger partial charge is 0.294 e. The van der Waals surface area contributed by atoms with Crippen LogP contribution in [0.25, 0.3) is 0 Å². The van der Waals surface area contributed by atoms with Gasteiger partial charge in [0.2, 0.25) is 11.8 Å². The van der Waals surface area contributed by atoms with Crippen molar-refractivity contribution in [1.82, 2.24) is 4.90 Å². The van der Waals surface area contributed by atoms with Gasteiger partial charge in [-0.25, -0.2) is 0 Å². The number of ether oxygens (including phenoxy) is 1. The number of quaternary nitrogens is 1. The van der Waals surface area contributed by atoms with Gasteiger partial charge in [-0.2, -0.15) is 5.26 Å². The number of hydrogen-bond acceptors (Lipinski definition) is 8. The number of anilines is 1. The van der Waals surface area contributed by atoms with Gasteiger partial charge in [-0.1, -0.05) is 19.8 Å². The minimum Gasteiger partial charge on any atom is -0.489 e. The highest BCUT2D eigenvalue weighted by Gasteiger charge is 2.35. The van der Waals surface area contributed by atoms with Crippen LogP contribution in [0.3, 0.4) is 0 Å². The van der Waals surface area contributed by atoms with Crippen LogP contribution in [0.1, 0.15) is 57.9 Å². The first kappa shape index (κ1) is 30.8. The normalized spacial score (nSPS) is 18.1. The van der Waals surface area contributed by atoms with Crippen LogP contribution in [-0.4, -0.2) is 90.0 Å². The fourth-order valence-corrected chi connectivity index (χ4v) is 4.77. The fourth-order valence-electron chi connectivity index (χ4n) is 4.77. The number of carbonyl (C=O) groups excluding carboxylic acids is 2. The Morgan fingerprint density at radius 2 is 2.05 bits per heavy atom. The molecule has 0 heterocycles. The van der Waals surface area contributed by atoms with Gasteiger partial charge < -0.3 is 29.4 Å². The van der Waals surface area contributed by atoms with Crippen molar-refractivity contribution in [2.24, 2.45) is 0 Å². The lowest BCUT2D eigenvalue weighted by Crippen LogP contribution is -2.55. The number of aliphatic hydroxyl groups excluding tert-OH is 1. The van der Waals surface area contributed by atoms with E-state index in [4.69, 9.17) is 9.57 Å². The van der Waals surface area contributed by atoms with Gasteiger partial charge in [0.05, 0.1) is 38.8 Å². The van der Waals surface area contributed by atoms with Crippen LogP contribution >= 0.6 is 0 Å². The highest BCUT2D eigenvalue weighted by molar-refractivity contribution is 5.91. The Balaban J connectivity index is 1.94. The van der Waals surface area contributed by atoms with Gasteiger partial charge in [-0.15, -0.1) is 10.1 Å². The van der Waals surface area contributed by atoms with Gasteiger partial charge in [-0.3, -0.25) is 9.59 Å². The summed E-state index contributed by atoms with van der Waals surface area (Å²) >= 11 is 0. The molecule has 1 saturated carbocycles. The van der Waals surface area contributed by atoms with Crippen molar-refractivity contribution >= 4 is 17.5 Å². The Labute approximate surface area is 223 Å². The van der Waals surface area contributed by atoms with Crippen molar-refractivity contribution in [3.05, 3.63) is 33.9 Å². The number of amides is 2. The zero-order valence-corrected chi connectivity index (χ0v) is 22.7. The molecule has 1 aromatic carbocycles. The molecule has 2 N–H and O–H groups in total. The van der Waals surface area contributed by atoms with E-state index in [0.29, 0.717) is 54.8 Å². The van der Waals surface area contributed by atoms with E-state index in [2.05, 4.69) is 11.4 Å². The van der Waals surface area contributed by atoms with Crippen LogP contribution in [0, 0.1) is 21.4 Å². The molecule has 0 aromatic heterocycles. The quantitative estimate of drug-likeness (QED) is 0.210. The Bertz CT molecular complexity index is 1010. The first-order chi connectivity index (χ1) is 18.0. The molecule has 3 unspecified atom stereocenters. The minimum absolute atomic E-state index is 0.0459. The summed E-state index contributed by atoms with van der Waals surface area (Å²) in [4.78, 5) is 41.7. The van der Waals surface area contributed by atoms with Crippen LogP contribution < -0.4 is 10.1 Å². The number of likely N-dealkylation sites (N-methyl/N-ethyl adjacent to an activating group) is 1. The predicted octanol–water partition coefficient (Wildman–Crippen LogP) is 2.48. The van der Waals surface area contributed by atoms with E-state index in [-0.39, 0.29) is 30.0 Å². The molecular formula is C26H40N5O7+. The minimum atomic E-state index is -0.855. The summed E-state index contributed by atoms with van der Waals surface area (Å²) < 4.78 is 6.08. The number of nitrogens with zero attached hydrogens (tertiary/aromatic N) is 4. The van der Waals surface area contributed by atoms with Crippen LogP contribution in [0.15, 0.2) is 18.2 Å². The van der Waals surface area contributed by atoms with Crippen molar-refractivity contribution in [1.29, 1.82) is 5.26 Å². The largest absolute Gasteiger partial charge is 0.489 e. The highest BCUT2D eigenvalue weighted by atomic mass is 17.0. The Morgan fingerprint density at radius 3 is 2.68 bits per heavy atom. The second kappa shape index (κ2) is 14.5. The highest BCUT2D eigenvalue weighted by Crippen LogP contribution is 2.26. The molecule has 0 saturated heterocycles. The number of nitriles is 1. The summed E-state index contributed by atoms with van der Waals surface area (Å²) in [6.07, 6.45) is 2.47. The number of rotatable bonds is 14. The van der Waals surface area contributed by atoms with Crippen molar-refractivity contribution in [2.75, 3.05) is 45.7 Å². The Hall–Kier alpha value is -3.43. The molecule has 210 valence electrons. The van der Waals surface area contributed by atoms with Crippen molar-refractivity contribution in [3.63, 3.8) is 0 Å². The average Bonchev–Trinajstić information content (AvgIpc) is 2.83. The zero-order chi connectivity index (χ0) is 28.3. The third-order valence-electron chi connectivity index (χ3n) is 6.64. The van der Waals surface area contributed by atoms with Gasteiger partial charge in [0, 0.05) is 19.0 Å². The summed E-state index contributed by atoms with van der Waals surface area (Å²) in [7, 11) is 3.84. The van der Waals surface area contributed by atoms with E-state index in [9.17, 15) is 30.1 Å². The first-order valence-corrected chi connectivity index (χ1v) is 13.0. The molecule has 12 heteroatoms. The standard InChI is InChI=1S/C26H39N5O7/c1-5-8-26(34)28-21-11-12-24(20(15-21)16-27)37-18-22(33)17-31(3,4)14-13-29(19(2)32)23-9-6-7-10-25(23)38-30(35)36/h11-12,15,22-23,25,33H,5-10,13-14,17-18H2,1-4H3/p+1. The summed E-state index contributed by atoms with van der Waals surface area (Å²) in [5.74, 6) is 0.00598. The topological polar surface area (TPSA) is 155 Å². The van der Waals surface area contributed by atoms with E-state index in [1.54, 1.807) is 17.0 Å². The molecule has 3 atom stereocenters.